The second-order valence-corrected chi connectivity index (χ2v) is 6.32. The van der Waals surface area contributed by atoms with Crippen LogP contribution in [0.25, 0.3) is 0 Å². The predicted molar refractivity (Wildman–Crippen MR) is 63.3 cm³/mol. The Morgan fingerprint density at radius 3 is 2.72 bits per heavy atom. The number of carboxylic acids is 1. The number of oxazole rings is 1. The molecule has 2 aromatic heterocycles. The highest BCUT2D eigenvalue weighted by Gasteiger charge is 2.20. The summed E-state index contributed by atoms with van der Waals surface area (Å²) in [7, 11) is -3.86. The van der Waals surface area contributed by atoms with Crippen molar-refractivity contribution in [3.05, 3.63) is 29.0 Å². The lowest BCUT2D eigenvalue weighted by molar-refractivity contribution is 0.0702. The van der Waals surface area contributed by atoms with Gasteiger partial charge in [0.1, 0.15) is 15.3 Å². The van der Waals surface area contributed by atoms with Gasteiger partial charge in [-0.3, -0.25) is 0 Å². The first-order chi connectivity index (χ1) is 8.38. The second kappa shape index (κ2) is 4.42. The van der Waals surface area contributed by atoms with E-state index in [-0.39, 0.29) is 15.1 Å². The van der Waals surface area contributed by atoms with Crippen LogP contribution in [0.2, 0.25) is 0 Å². The number of carboxylic acid groups (broad SMARTS) is 1. The Hall–Kier alpha value is -1.87. The minimum absolute atomic E-state index is 0.0565. The second-order valence-electron chi connectivity index (χ2n) is 3.32. The maximum Gasteiger partial charge on any atom is 0.345 e. The number of aromatic nitrogens is 1. The number of rotatable bonds is 4. The van der Waals surface area contributed by atoms with Crippen molar-refractivity contribution in [3.63, 3.8) is 0 Å². The van der Waals surface area contributed by atoms with E-state index in [1.54, 1.807) is 6.92 Å². The smallest absolute Gasteiger partial charge is 0.345 e. The minimum atomic E-state index is -3.86. The Bertz CT molecular complexity index is 685. The molecule has 0 unspecified atom stereocenters. The Kier molecular flexibility index (Phi) is 3.09. The molecule has 0 aliphatic carbocycles. The molecular formula is C9H8N2O5S2. The fourth-order valence-electron chi connectivity index (χ4n) is 1.15. The van der Waals surface area contributed by atoms with Gasteiger partial charge in [-0.15, -0.1) is 11.3 Å². The highest BCUT2D eigenvalue weighted by molar-refractivity contribution is 7.94. The predicted octanol–water partition coefficient (Wildman–Crippen LogP) is 1.54. The van der Waals surface area contributed by atoms with E-state index in [0.29, 0.717) is 17.0 Å². The van der Waals surface area contributed by atoms with Crippen molar-refractivity contribution in [2.24, 2.45) is 0 Å². The number of anilines is 1. The zero-order valence-corrected chi connectivity index (χ0v) is 10.7. The molecule has 2 aromatic rings. The molecule has 0 saturated heterocycles. The molecule has 96 valence electrons. The maximum absolute atomic E-state index is 11.9. The number of carbonyl (C=O) groups is 1. The summed E-state index contributed by atoms with van der Waals surface area (Å²) in [5, 5.41) is 8.72. The summed E-state index contributed by atoms with van der Waals surface area (Å²) in [5.74, 6) is -1.17. The topological polar surface area (TPSA) is 110 Å². The number of nitrogens with zero attached hydrogens (tertiary/aromatic N) is 1. The van der Waals surface area contributed by atoms with E-state index in [1.165, 1.54) is 18.4 Å². The van der Waals surface area contributed by atoms with Gasteiger partial charge >= 0.3 is 12.0 Å². The summed E-state index contributed by atoms with van der Waals surface area (Å²) in [5.41, 5.74) is 0.533. The number of aryl methyl sites for hydroxylation is 1. The molecule has 2 heterocycles. The summed E-state index contributed by atoms with van der Waals surface area (Å²) >= 11 is 0.655. The molecule has 0 aliphatic rings. The average molecular weight is 288 g/mol. The van der Waals surface area contributed by atoms with Gasteiger partial charge in [-0.05, 0) is 19.1 Å². The highest BCUT2D eigenvalue weighted by Crippen LogP contribution is 2.23. The van der Waals surface area contributed by atoms with Gasteiger partial charge in [0.25, 0.3) is 10.0 Å². The molecule has 0 saturated carbocycles. The van der Waals surface area contributed by atoms with Gasteiger partial charge in [-0.2, -0.15) is 4.98 Å². The molecule has 0 amide bonds. The van der Waals surface area contributed by atoms with E-state index in [1.807, 2.05) is 0 Å². The molecule has 0 fully saturated rings. The zero-order valence-electron chi connectivity index (χ0n) is 9.08. The van der Waals surface area contributed by atoms with Gasteiger partial charge in [0.2, 0.25) is 0 Å². The van der Waals surface area contributed by atoms with Gasteiger partial charge in [-0.1, -0.05) is 0 Å². The first-order valence-corrected chi connectivity index (χ1v) is 6.96. The summed E-state index contributed by atoms with van der Waals surface area (Å²) in [6, 6.07) is 2.28. The molecule has 0 aliphatic heterocycles. The Labute approximate surface area is 106 Å². The van der Waals surface area contributed by atoms with Crippen molar-refractivity contribution in [3.8, 4) is 0 Å². The van der Waals surface area contributed by atoms with Crippen molar-refractivity contribution in [2.75, 3.05) is 4.72 Å². The number of aromatic carboxylic acids is 1. The van der Waals surface area contributed by atoms with Crippen molar-refractivity contribution in [1.82, 2.24) is 4.98 Å². The number of hydrogen-bond acceptors (Lipinski definition) is 6. The van der Waals surface area contributed by atoms with Gasteiger partial charge < -0.3 is 9.52 Å². The van der Waals surface area contributed by atoms with Gasteiger partial charge in [0, 0.05) is 0 Å². The van der Waals surface area contributed by atoms with Crippen LogP contribution in [-0.2, 0) is 10.0 Å². The van der Waals surface area contributed by atoms with Crippen molar-refractivity contribution in [1.29, 1.82) is 0 Å². The van der Waals surface area contributed by atoms with Crippen LogP contribution in [0.4, 0.5) is 6.01 Å². The molecule has 0 bridgehead atoms. The van der Waals surface area contributed by atoms with Crippen LogP contribution < -0.4 is 4.72 Å². The average Bonchev–Trinajstić information content (AvgIpc) is 2.86. The van der Waals surface area contributed by atoms with Gasteiger partial charge in [-0.25, -0.2) is 17.9 Å². The zero-order chi connectivity index (χ0) is 13.3. The van der Waals surface area contributed by atoms with Crippen LogP contribution in [0.3, 0.4) is 0 Å². The molecule has 0 radical (unpaired) electrons. The SMILES string of the molecule is Cc1coc(NS(=O)(=O)c2ccc(C(=O)O)s2)n1. The molecule has 0 atom stereocenters. The summed E-state index contributed by atoms with van der Waals surface area (Å²) in [4.78, 5) is 14.4. The maximum atomic E-state index is 11.9. The van der Waals surface area contributed by atoms with Crippen LogP contribution in [0, 0.1) is 6.92 Å². The number of hydrogen-bond donors (Lipinski definition) is 2. The van der Waals surface area contributed by atoms with Crippen molar-refractivity contribution in [2.45, 2.75) is 11.1 Å². The third-order valence-corrected chi connectivity index (χ3v) is 4.78. The van der Waals surface area contributed by atoms with E-state index >= 15 is 0 Å². The fourth-order valence-corrected chi connectivity index (χ4v) is 3.23. The van der Waals surface area contributed by atoms with Crippen molar-refractivity contribution >= 4 is 33.3 Å². The molecule has 0 aromatic carbocycles. The van der Waals surface area contributed by atoms with E-state index in [2.05, 4.69) is 9.71 Å². The van der Waals surface area contributed by atoms with Crippen LogP contribution in [0.15, 0.2) is 27.0 Å². The Balaban J connectivity index is 2.27. The minimum Gasteiger partial charge on any atom is -0.477 e. The first kappa shape index (κ1) is 12.6. The lowest BCUT2D eigenvalue weighted by atomic mass is 10.5. The monoisotopic (exact) mass is 288 g/mol. The van der Waals surface area contributed by atoms with Crippen LogP contribution >= 0.6 is 11.3 Å². The quantitative estimate of drug-likeness (QED) is 0.883. The largest absolute Gasteiger partial charge is 0.477 e. The van der Waals surface area contributed by atoms with Crippen LogP contribution in [0.5, 0.6) is 0 Å². The molecule has 0 spiro atoms. The van der Waals surface area contributed by atoms with Gasteiger partial charge in [0.15, 0.2) is 0 Å². The third-order valence-electron chi connectivity index (χ3n) is 1.90. The van der Waals surface area contributed by atoms with Gasteiger partial charge in [0.05, 0.1) is 5.69 Å². The third kappa shape index (κ3) is 2.51. The molecule has 9 heteroatoms. The summed E-state index contributed by atoms with van der Waals surface area (Å²) < 4.78 is 30.6. The molecule has 2 rings (SSSR count). The number of nitrogens with one attached hydrogen (secondary N) is 1. The van der Waals surface area contributed by atoms with E-state index in [0.717, 1.165) is 0 Å². The Morgan fingerprint density at radius 1 is 1.50 bits per heavy atom. The normalized spacial score (nSPS) is 11.4. The molecular weight excluding hydrogens is 280 g/mol. The molecule has 2 N–H and O–H groups in total. The number of thiophene rings is 1. The standard InChI is InChI=1S/C9H8N2O5S2/c1-5-4-16-9(10-5)11-18(14,15)7-3-2-6(17-7)8(12)13/h2-4H,1H3,(H,10,11)(H,12,13). The number of sulfonamides is 1. The summed E-state index contributed by atoms with van der Waals surface area (Å²) in [6.45, 7) is 1.65. The first-order valence-electron chi connectivity index (χ1n) is 4.66. The lowest BCUT2D eigenvalue weighted by Crippen LogP contribution is -2.11. The fraction of sp³-hybridized carbons (Fsp3) is 0.111. The van der Waals surface area contributed by atoms with Crippen LogP contribution in [0.1, 0.15) is 15.4 Å². The van der Waals surface area contributed by atoms with E-state index < -0.39 is 16.0 Å². The van der Waals surface area contributed by atoms with E-state index in [9.17, 15) is 13.2 Å². The van der Waals surface area contributed by atoms with Crippen molar-refractivity contribution < 1.29 is 22.7 Å². The molecule has 7 nitrogen and oxygen atoms in total. The van der Waals surface area contributed by atoms with Crippen LogP contribution in [-0.4, -0.2) is 24.5 Å². The Morgan fingerprint density at radius 2 is 2.22 bits per heavy atom. The summed E-state index contributed by atoms with van der Waals surface area (Å²) in [6.07, 6.45) is 1.30. The lowest BCUT2D eigenvalue weighted by Gasteiger charge is -2.00. The van der Waals surface area contributed by atoms with E-state index in [4.69, 9.17) is 9.52 Å². The molecule has 18 heavy (non-hydrogen) atoms. The highest BCUT2D eigenvalue weighted by atomic mass is 32.2.